The van der Waals surface area contributed by atoms with Crippen molar-refractivity contribution in [3.63, 3.8) is 0 Å². The molecule has 0 aliphatic rings. The topological polar surface area (TPSA) is 39.9 Å². The van der Waals surface area contributed by atoms with Gasteiger partial charge < -0.3 is 4.74 Å². The molecule has 0 saturated heterocycles. The molecule has 30 heavy (non-hydrogen) atoms. The van der Waals surface area contributed by atoms with Gasteiger partial charge in [-0.1, -0.05) is 59.2 Å². The lowest BCUT2D eigenvalue weighted by Gasteiger charge is -2.11. The Labute approximate surface area is 185 Å². The van der Waals surface area contributed by atoms with Crippen molar-refractivity contribution >= 4 is 35.0 Å². The Bertz CT molecular complexity index is 1040. The summed E-state index contributed by atoms with van der Waals surface area (Å²) in [5.74, 6) is 1.29. The van der Waals surface area contributed by atoms with Crippen molar-refractivity contribution in [2.75, 3.05) is 0 Å². The van der Waals surface area contributed by atoms with Crippen LogP contribution in [0.25, 0.3) is 0 Å². The molecule has 2 aromatic carbocycles. The maximum absolute atomic E-state index is 12.9. The van der Waals surface area contributed by atoms with E-state index in [1.165, 1.54) is 17.8 Å². The van der Waals surface area contributed by atoms with Gasteiger partial charge in [-0.05, 0) is 29.8 Å². The van der Waals surface area contributed by atoms with Gasteiger partial charge in [0, 0.05) is 17.3 Å². The van der Waals surface area contributed by atoms with Crippen LogP contribution in [-0.4, -0.2) is 14.8 Å². The molecule has 0 aliphatic carbocycles. The molecule has 3 aromatic rings. The fraction of sp³-hybridized carbons (Fsp3) is 0.200. The predicted molar refractivity (Wildman–Crippen MR) is 112 cm³/mol. The Balaban J connectivity index is 1.72. The molecule has 0 radical (unpaired) electrons. The first-order chi connectivity index (χ1) is 14.3. The van der Waals surface area contributed by atoms with E-state index in [1.54, 1.807) is 34.9 Å². The maximum Gasteiger partial charge on any atom is 0.416 e. The zero-order chi connectivity index (χ0) is 21.7. The third-order valence-corrected chi connectivity index (χ3v) is 5.55. The van der Waals surface area contributed by atoms with E-state index in [0.717, 1.165) is 12.1 Å². The zero-order valence-electron chi connectivity index (χ0n) is 15.5. The summed E-state index contributed by atoms with van der Waals surface area (Å²) in [4.78, 5) is 0. The Morgan fingerprint density at radius 2 is 1.93 bits per heavy atom. The van der Waals surface area contributed by atoms with Crippen molar-refractivity contribution in [2.24, 2.45) is 0 Å². The van der Waals surface area contributed by atoms with Gasteiger partial charge in [0.05, 0.1) is 10.6 Å². The lowest BCUT2D eigenvalue weighted by atomic mass is 10.1. The molecule has 0 N–H and O–H groups in total. The van der Waals surface area contributed by atoms with Crippen LogP contribution in [0.5, 0.6) is 5.75 Å². The minimum Gasteiger partial charge on any atom is -0.484 e. The van der Waals surface area contributed by atoms with Crippen LogP contribution < -0.4 is 4.74 Å². The molecule has 1 heterocycles. The molecule has 1 aromatic heterocycles. The lowest BCUT2D eigenvalue weighted by Crippen LogP contribution is -2.08. The number of aromatic nitrogens is 3. The molecule has 0 amide bonds. The SMILES string of the molecule is C=CCn1c(COc2ccc(Cl)cc2Cl)nnc1SCc1cccc(C(F)(F)F)c1. The summed E-state index contributed by atoms with van der Waals surface area (Å²) in [5, 5.41) is 9.69. The normalized spacial score (nSPS) is 11.5. The molecule has 4 nitrogen and oxygen atoms in total. The first-order valence-electron chi connectivity index (χ1n) is 8.67. The van der Waals surface area contributed by atoms with Crippen molar-refractivity contribution in [1.29, 1.82) is 0 Å². The first kappa shape index (κ1) is 22.5. The molecule has 0 saturated carbocycles. The highest BCUT2D eigenvalue weighted by Crippen LogP contribution is 2.31. The highest BCUT2D eigenvalue weighted by Gasteiger charge is 2.30. The summed E-state index contributed by atoms with van der Waals surface area (Å²) < 4.78 is 46.2. The first-order valence-corrected chi connectivity index (χ1v) is 10.4. The summed E-state index contributed by atoms with van der Waals surface area (Å²) in [6.07, 6.45) is -2.70. The molecule has 0 fully saturated rings. The van der Waals surface area contributed by atoms with Crippen molar-refractivity contribution in [2.45, 2.75) is 30.2 Å². The Morgan fingerprint density at radius 1 is 1.13 bits per heavy atom. The minimum atomic E-state index is -4.38. The number of hydrogen-bond donors (Lipinski definition) is 0. The molecule has 0 spiro atoms. The second-order valence-electron chi connectivity index (χ2n) is 6.15. The molecule has 0 atom stereocenters. The summed E-state index contributed by atoms with van der Waals surface area (Å²) in [5.41, 5.74) is -0.143. The maximum atomic E-state index is 12.9. The van der Waals surface area contributed by atoms with Crippen LogP contribution in [0.3, 0.4) is 0 Å². The van der Waals surface area contributed by atoms with E-state index >= 15 is 0 Å². The van der Waals surface area contributed by atoms with Gasteiger partial charge in [0.15, 0.2) is 11.0 Å². The van der Waals surface area contributed by atoms with E-state index in [1.807, 2.05) is 0 Å². The summed E-state index contributed by atoms with van der Waals surface area (Å²) in [7, 11) is 0. The fourth-order valence-electron chi connectivity index (χ4n) is 2.56. The second kappa shape index (κ2) is 9.76. The van der Waals surface area contributed by atoms with E-state index in [9.17, 15) is 13.2 Å². The van der Waals surface area contributed by atoms with Gasteiger partial charge in [-0.25, -0.2) is 0 Å². The number of rotatable bonds is 8. The van der Waals surface area contributed by atoms with E-state index in [4.69, 9.17) is 27.9 Å². The Morgan fingerprint density at radius 3 is 2.63 bits per heavy atom. The molecule has 158 valence electrons. The van der Waals surface area contributed by atoms with Gasteiger partial charge in [0.2, 0.25) is 0 Å². The second-order valence-corrected chi connectivity index (χ2v) is 7.93. The highest BCUT2D eigenvalue weighted by molar-refractivity contribution is 7.98. The summed E-state index contributed by atoms with van der Waals surface area (Å²) in [6, 6.07) is 10.1. The van der Waals surface area contributed by atoms with Gasteiger partial charge >= 0.3 is 6.18 Å². The van der Waals surface area contributed by atoms with Crippen molar-refractivity contribution < 1.29 is 17.9 Å². The third-order valence-electron chi connectivity index (χ3n) is 3.98. The zero-order valence-corrected chi connectivity index (χ0v) is 17.8. The number of benzene rings is 2. The smallest absolute Gasteiger partial charge is 0.416 e. The molecular weight excluding hydrogens is 458 g/mol. The van der Waals surface area contributed by atoms with E-state index in [-0.39, 0.29) is 6.61 Å². The van der Waals surface area contributed by atoms with E-state index in [2.05, 4.69) is 16.8 Å². The van der Waals surface area contributed by atoms with Crippen LogP contribution in [0.15, 0.2) is 60.3 Å². The van der Waals surface area contributed by atoms with Crippen molar-refractivity contribution in [1.82, 2.24) is 14.8 Å². The standard InChI is InChI=1S/C20H16Cl2F3N3OS/c1-2-8-28-18(11-29-17-7-6-15(21)10-16(17)22)26-27-19(28)30-12-13-4-3-5-14(9-13)20(23,24)25/h2-7,9-10H,1,8,11-12H2. The predicted octanol–water partition coefficient (Wildman–Crippen LogP) is 6.66. The van der Waals surface area contributed by atoms with Gasteiger partial charge in [-0.15, -0.1) is 16.8 Å². The minimum absolute atomic E-state index is 0.103. The molecule has 3 rings (SSSR count). The molecule has 0 aliphatic heterocycles. The summed E-state index contributed by atoms with van der Waals surface area (Å²) in [6.45, 7) is 4.25. The van der Waals surface area contributed by atoms with E-state index < -0.39 is 11.7 Å². The van der Waals surface area contributed by atoms with E-state index in [0.29, 0.717) is 44.6 Å². The number of thioether (sulfide) groups is 1. The Hall–Kier alpha value is -2.16. The van der Waals surface area contributed by atoms with Gasteiger partial charge in [0.1, 0.15) is 12.4 Å². The van der Waals surface area contributed by atoms with Crippen LogP contribution in [0.4, 0.5) is 13.2 Å². The Kier molecular flexibility index (Phi) is 7.33. The van der Waals surface area contributed by atoms with Crippen molar-refractivity contribution in [3.05, 3.63) is 82.1 Å². The lowest BCUT2D eigenvalue weighted by molar-refractivity contribution is -0.137. The molecule has 10 heteroatoms. The number of allylic oxidation sites excluding steroid dienone is 1. The summed E-state index contributed by atoms with van der Waals surface area (Å²) >= 11 is 13.3. The molecule has 0 bridgehead atoms. The third kappa shape index (κ3) is 5.71. The number of ether oxygens (including phenoxy) is 1. The quantitative estimate of drug-likeness (QED) is 0.270. The van der Waals surface area contributed by atoms with Crippen LogP contribution in [-0.2, 0) is 25.1 Å². The highest BCUT2D eigenvalue weighted by atomic mass is 35.5. The van der Waals surface area contributed by atoms with Crippen LogP contribution in [0, 0.1) is 0 Å². The van der Waals surface area contributed by atoms with Crippen LogP contribution >= 0.6 is 35.0 Å². The van der Waals surface area contributed by atoms with Gasteiger partial charge in [-0.3, -0.25) is 4.57 Å². The number of halogens is 5. The van der Waals surface area contributed by atoms with Crippen LogP contribution in [0.1, 0.15) is 17.0 Å². The molecular formula is C20H16Cl2F3N3OS. The number of hydrogen-bond acceptors (Lipinski definition) is 4. The average molecular weight is 474 g/mol. The van der Waals surface area contributed by atoms with Gasteiger partial charge in [0.25, 0.3) is 0 Å². The van der Waals surface area contributed by atoms with Crippen molar-refractivity contribution in [3.8, 4) is 5.75 Å². The number of alkyl halides is 3. The largest absolute Gasteiger partial charge is 0.484 e. The average Bonchev–Trinajstić information content (AvgIpc) is 3.07. The van der Waals surface area contributed by atoms with Gasteiger partial charge in [-0.2, -0.15) is 13.2 Å². The number of nitrogens with zero attached hydrogens (tertiary/aromatic N) is 3. The van der Waals surface area contributed by atoms with Crippen LogP contribution in [0.2, 0.25) is 10.0 Å². The molecule has 0 unspecified atom stereocenters. The fourth-order valence-corrected chi connectivity index (χ4v) is 3.94. The monoisotopic (exact) mass is 473 g/mol.